The largest absolute Gasteiger partial charge is 0.508 e. The second kappa shape index (κ2) is 11.3. The molecule has 0 aliphatic heterocycles. The molecule has 2 amide bonds. The molecular formula is C21H32N2O6. The quantitative estimate of drug-likeness (QED) is 0.541. The molecule has 0 spiro atoms. The van der Waals surface area contributed by atoms with Gasteiger partial charge < -0.3 is 25.2 Å². The number of rotatable bonds is 9. The number of amides is 2. The molecule has 0 aromatic heterocycles. The number of hydrogen-bond donors (Lipinski definition) is 3. The summed E-state index contributed by atoms with van der Waals surface area (Å²) in [5.74, 6) is -0.955. The van der Waals surface area contributed by atoms with E-state index in [1.807, 2.05) is 6.92 Å². The number of unbranched alkanes of at least 4 members (excludes halogenated alkanes) is 1. The molecule has 8 nitrogen and oxygen atoms in total. The molecule has 0 heterocycles. The number of aromatic hydroxyl groups is 1. The first kappa shape index (κ1) is 24.3. The summed E-state index contributed by atoms with van der Waals surface area (Å²) in [7, 11) is 1.26. The van der Waals surface area contributed by atoms with E-state index in [0.717, 1.165) is 18.4 Å². The van der Waals surface area contributed by atoms with Gasteiger partial charge in [0, 0.05) is 6.42 Å². The molecular weight excluding hydrogens is 376 g/mol. The van der Waals surface area contributed by atoms with Crippen molar-refractivity contribution < 1.29 is 29.0 Å². The Labute approximate surface area is 172 Å². The Kier molecular flexibility index (Phi) is 9.44. The van der Waals surface area contributed by atoms with Crippen LogP contribution < -0.4 is 10.6 Å². The van der Waals surface area contributed by atoms with E-state index in [9.17, 15) is 19.5 Å². The molecule has 0 fully saturated rings. The number of hydrogen-bond acceptors (Lipinski definition) is 6. The molecule has 0 bridgehead atoms. The zero-order chi connectivity index (χ0) is 22.0. The summed E-state index contributed by atoms with van der Waals surface area (Å²) in [5, 5.41) is 14.7. The normalized spacial score (nSPS) is 13.1. The summed E-state index contributed by atoms with van der Waals surface area (Å²) < 4.78 is 10.0. The molecule has 29 heavy (non-hydrogen) atoms. The van der Waals surface area contributed by atoms with Crippen LogP contribution in [0.4, 0.5) is 4.79 Å². The van der Waals surface area contributed by atoms with Gasteiger partial charge in [-0.3, -0.25) is 4.79 Å². The van der Waals surface area contributed by atoms with E-state index in [0.29, 0.717) is 6.42 Å². The number of esters is 1. The molecule has 3 N–H and O–H groups in total. The Morgan fingerprint density at radius 2 is 1.69 bits per heavy atom. The molecule has 0 aliphatic rings. The summed E-state index contributed by atoms with van der Waals surface area (Å²) in [6, 6.07) is 4.54. The number of phenols is 1. The van der Waals surface area contributed by atoms with E-state index >= 15 is 0 Å². The Hall–Kier alpha value is -2.77. The van der Waals surface area contributed by atoms with Crippen LogP contribution in [0.15, 0.2) is 24.3 Å². The van der Waals surface area contributed by atoms with Gasteiger partial charge in [0.15, 0.2) is 0 Å². The first-order valence-electron chi connectivity index (χ1n) is 9.71. The molecule has 2 atom stereocenters. The third kappa shape index (κ3) is 9.32. The number of ether oxygens (including phenoxy) is 2. The van der Waals surface area contributed by atoms with Gasteiger partial charge in [0.2, 0.25) is 5.91 Å². The zero-order valence-corrected chi connectivity index (χ0v) is 17.8. The van der Waals surface area contributed by atoms with E-state index in [2.05, 4.69) is 10.6 Å². The summed E-state index contributed by atoms with van der Waals surface area (Å²) in [5.41, 5.74) is 0.00135. The molecule has 0 saturated carbocycles. The van der Waals surface area contributed by atoms with Gasteiger partial charge in [0.25, 0.3) is 0 Å². The predicted octanol–water partition coefficient (Wildman–Crippen LogP) is 2.68. The second-order valence-electron chi connectivity index (χ2n) is 7.80. The fourth-order valence-corrected chi connectivity index (χ4v) is 2.60. The smallest absolute Gasteiger partial charge is 0.408 e. The Morgan fingerprint density at radius 3 is 2.21 bits per heavy atom. The summed E-state index contributed by atoms with van der Waals surface area (Å²) in [6.45, 7) is 7.15. The lowest BCUT2D eigenvalue weighted by Crippen LogP contribution is -2.53. The highest BCUT2D eigenvalue weighted by molar-refractivity contribution is 5.89. The lowest BCUT2D eigenvalue weighted by molar-refractivity contribution is -0.145. The molecule has 0 unspecified atom stereocenters. The molecule has 0 saturated heterocycles. The number of nitrogens with one attached hydrogen (secondary N) is 2. The van der Waals surface area contributed by atoms with E-state index < -0.39 is 35.7 Å². The van der Waals surface area contributed by atoms with Crippen molar-refractivity contribution in [2.45, 2.75) is 71.1 Å². The van der Waals surface area contributed by atoms with Gasteiger partial charge in [0.1, 0.15) is 23.4 Å². The van der Waals surface area contributed by atoms with Crippen molar-refractivity contribution in [2.24, 2.45) is 0 Å². The van der Waals surface area contributed by atoms with E-state index in [1.54, 1.807) is 32.9 Å². The van der Waals surface area contributed by atoms with Gasteiger partial charge in [-0.15, -0.1) is 0 Å². The van der Waals surface area contributed by atoms with E-state index in [1.165, 1.54) is 19.2 Å². The number of methoxy groups -OCH3 is 1. The summed E-state index contributed by atoms with van der Waals surface area (Å²) in [6.07, 6.45) is 1.46. The minimum Gasteiger partial charge on any atom is -0.508 e. The molecule has 1 rings (SSSR count). The van der Waals surface area contributed by atoms with Gasteiger partial charge in [0.05, 0.1) is 7.11 Å². The highest BCUT2D eigenvalue weighted by Gasteiger charge is 2.28. The number of phenolic OH excluding ortho intramolecular Hbond substituents is 1. The lowest BCUT2D eigenvalue weighted by Gasteiger charge is -2.25. The van der Waals surface area contributed by atoms with Gasteiger partial charge >= 0.3 is 12.1 Å². The van der Waals surface area contributed by atoms with E-state index in [-0.39, 0.29) is 12.2 Å². The van der Waals surface area contributed by atoms with Gasteiger partial charge in [-0.05, 0) is 44.9 Å². The topological polar surface area (TPSA) is 114 Å². The SMILES string of the molecule is CCCC[C@@H](NC(=O)[C@H](Cc1ccc(O)cc1)NC(=O)OC(C)(C)C)C(=O)OC. The second-order valence-corrected chi connectivity index (χ2v) is 7.80. The maximum atomic E-state index is 12.9. The number of benzene rings is 1. The molecule has 0 radical (unpaired) electrons. The van der Waals surface area contributed by atoms with Crippen molar-refractivity contribution >= 4 is 18.0 Å². The average molecular weight is 408 g/mol. The summed E-state index contributed by atoms with van der Waals surface area (Å²) in [4.78, 5) is 37.1. The Morgan fingerprint density at radius 1 is 1.07 bits per heavy atom. The van der Waals surface area contributed by atoms with Crippen LogP contribution in [0.2, 0.25) is 0 Å². The number of carbonyl (C=O) groups excluding carboxylic acids is 3. The maximum Gasteiger partial charge on any atom is 0.408 e. The van der Waals surface area contributed by atoms with Crippen molar-refractivity contribution in [2.75, 3.05) is 7.11 Å². The first-order valence-corrected chi connectivity index (χ1v) is 9.71. The van der Waals surface area contributed by atoms with Crippen molar-refractivity contribution in [3.05, 3.63) is 29.8 Å². The fourth-order valence-electron chi connectivity index (χ4n) is 2.60. The maximum absolute atomic E-state index is 12.9. The van der Waals surface area contributed by atoms with Crippen molar-refractivity contribution in [1.82, 2.24) is 10.6 Å². The average Bonchev–Trinajstić information content (AvgIpc) is 2.63. The van der Waals surface area contributed by atoms with Gasteiger partial charge in [-0.2, -0.15) is 0 Å². The highest BCUT2D eigenvalue weighted by atomic mass is 16.6. The van der Waals surface area contributed by atoms with Crippen LogP contribution in [-0.2, 0) is 25.5 Å². The monoisotopic (exact) mass is 408 g/mol. The molecule has 162 valence electrons. The summed E-state index contributed by atoms with van der Waals surface area (Å²) >= 11 is 0. The van der Waals surface area contributed by atoms with Crippen LogP contribution in [0, 0.1) is 0 Å². The van der Waals surface area contributed by atoms with Gasteiger partial charge in [-0.1, -0.05) is 31.9 Å². The fraction of sp³-hybridized carbons (Fsp3) is 0.571. The number of alkyl carbamates (subject to hydrolysis) is 1. The van der Waals surface area contributed by atoms with Crippen molar-refractivity contribution in [3.63, 3.8) is 0 Å². The van der Waals surface area contributed by atoms with Crippen LogP contribution in [0.1, 0.15) is 52.5 Å². The standard InChI is InChI=1S/C21H32N2O6/c1-6-7-8-16(19(26)28-5)22-18(25)17(23-20(27)29-21(2,3)4)13-14-9-11-15(24)12-10-14/h9-12,16-17,24H,6-8,13H2,1-5H3,(H,22,25)(H,23,27)/t16-,17+/m1/s1. The highest BCUT2D eigenvalue weighted by Crippen LogP contribution is 2.13. The molecule has 1 aromatic carbocycles. The van der Waals surface area contributed by atoms with Crippen LogP contribution in [0.5, 0.6) is 5.75 Å². The van der Waals surface area contributed by atoms with E-state index in [4.69, 9.17) is 9.47 Å². The minimum absolute atomic E-state index is 0.0974. The van der Waals surface area contributed by atoms with Crippen LogP contribution in [0.3, 0.4) is 0 Å². The van der Waals surface area contributed by atoms with Crippen molar-refractivity contribution in [1.29, 1.82) is 0 Å². The number of carbonyl (C=O) groups is 3. The Bertz CT molecular complexity index is 681. The van der Waals surface area contributed by atoms with Gasteiger partial charge in [-0.25, -0.2) is 9.59 Å². The Balaban J connectivity index is 2.96. The molecule has 0 aliphatic carbocycles. The third-order valence-corrected chi connectivity index (χ3v) is 4.03. The minimum atomic E-state index is -0.969. The molecule has 1 aromatic rings. The van der Waals surface area contributed by atoms with Crippen LogP contribution in [0.25, 0.3) is 0 Å². The zero-order valence-electron chi connectivity index (χ0n) is 17.8. The van der Waals surface area contributed by atoms with Crippen LogP contribution >= 0.6 is 0 Å². The van der Waals surface area contributed by atoms with Crippen molar-refractivity contribution in [3.8, 4) is 5.75 Å². The molecule has 8 heteroatoms. The first-order chi connectivity index (χ1) is 13.6. The lowest BCUT2D eigenvalue weighted by atomic mass is 10.0. The third-order valence-electron chi connectivity index (χ3n) is 4.03. The predicted molar refractivity (Wildman–Crippen MR) is 108 cm³/mol. The van der Waals surface area contributed by atoms with Crippen LogP contribution in [-0.4, -0.2) is 47.9 Å².